The summed E-state index contributed by atoms with van der Waals surface area (Å²) < 4.78 is 10.4. The van der Waals surface area contributed by atoms with Gasteiger partial charge in [-0.05, 0) is 24.3 Å². The van der Waals surface area contributed by atoms with Crippen LogP contribution in [-0.2, 0) is 0 Å². The van der Waals surface area contributed by atoms with Crippen LogP contribution in [0, 0.1) is 0 Å². The summed E-state index contributed by atoms with van der Waals surface area (Å²) in [6.45, 7) is 0. The van der Waals surface area contributed by atoms with E-state index in [0.717, 1.165) is 0 Å². The molecule has 0 radical (unpaired) electrons. The maximum absolute atomic E-state index is 12.4. The highest BCUT2D eigenvalue weighted by Crippen LogP contribution is 2.29. The molecule has 0 bridgehead atoms. The Balaban J connectivity index is 2.36. The Hall–Kier alpha value is -2.27. The van der Waals surface area contributed by atoms with E-state index in [0.29, 0.717) is 22.7 Å². The number of pyridine rings is 1. The summed E-state index contributed by atoms with van der Waals surface area (Å²) in [4.78, 5) is 16.3. The van der Waals surface area contributed by atoms with Crippen molar-refractivity contribution in [1.29, 1.82) is 0 Å². The van der Waals surface area contributed by atoms with Gasteiger partial charge in [0, 0.05) is 6.20 Å². The minimum absolute atomic E-state index is 0.217. The number of rotatable bonds is 4. The quantitative estimate of drug-likeness (QED) is 0.880. The molecule has 1 N–H and O–H groups in total. The Bertz CT molecular complexity index is 609. The molecule has 0 atom stereocenters. The molecule has 5 nitrogen and oxygen atoms in total. The van der Waals surface area contributed by atoms with Crippen LogP contribution in [0.4, 0.5) is 5.69 Å². The van der Waals surface area contributed by atoms with Gasteiger partial charge in [0.2, 0.25) is 0 Å². The van der Waals surface area contributed by atoms with Gasteiger partial charge in [-0.2, -0.15) is 0 Å². The number of hydrogen-bond donors (Lipinski definition) is 1. The summed E-state index contributed by atoms with van der Waals surface area (Å²) in [6, 6.07) is 8.45. The molecule has 0 unspecified atom stereocenters. The maximum Gasteiger partial charge on any atom is 0.263 e. The smallest absolute Gasteiger partial charge is 0.263 e. The number of aromatic nitrogens is 1. The van der Waals surface area contributed by atoms with Gasteiger partial charge in [0.1, 0.15) is 17.1 Å². The molecule has 1 amide bonds. The van der Waals surface area contributed by atoms with Gasteiger partial charge in [0.25, 0.3) is 5.91 Å². The number of nitrogens with one attached hydrogen (secondary N) is 1. The average molecular weight is 293 g/mol. The van der Waals surface area contributed by atoms with E-state index in [1.807, 2.05) is 0 Å². The first-order valence-electron chi connectivity index (χ1n) is 5.80. The van der Waals surface area contributed by atoms with Crippen molar-refractivity contribution in [2.75, 3.05) is 19.5 Å². The Kier molecular flexibility index (Phi) is 4.42. The lowest BCUT2D eigenvalue weighted by Crippen LogP contribution is -2.15. The van der Waals surface area contributed by atoms with E-state index in [1.165, 1.54) is 14.2 Å². The van der Waals surface area contributed by atoms with E-state index < -0.39 is 0 Å². The fraction of sp³-hybridized carbons (Fsp3) is 0.143. The van der Waals surface area contributed by atoms with Gasteiger partial charge in [-0.3, -0.25) is 4.79 Å². The normalized spacial score (nSPS) is 9.95. The first kappa shape index (κ1) is 14.1. The lowest BCUT2D eigenvalue weighted by atomic mass is 10.1. The van der Waals surface area contributed by atoms with Crippen molar-refractivity contribution >= 4 is 23.2 Å². The van der Waals surface area contributed by atoms with E-state index in [-0.39, 0.29) is 11.1 Å². The molecule has 0 saturated heterocycles. The minimum Gasteiger partial charge on any atom is -0.496 e. The topological polar surface area (TPSA) is 60.5 Å². The Morgan fingerprint density at radius 2 is 1.80 bits per heavy atom. The molecule has 6 heteroatoms. The van der Waals surface area contributed by atoms with Crippen molar-refractivity contribution in [2.45, 2.75) is 0 Å². The highest BCUT2D eigenvalue weighted by molar-refractivity contribution is 6.32. The molecule has 1 aromatic heterocycles. The Morgan fingerprint density at radius 3 is 2.35 bits per heavy atom. The number of hydrogen-bond acceptors (Lipinski definition) is 4. The van der Waals surface area contributed by atoms with Crippen molar-refractivity contribution < 1.29 is 14.3 Å². The molecular weight excluding hydrogens is 280 g/mol. The average Bonchev–Trinajstić information content (AvgIpc) is 2.48. The van der Waals surface area contributed by atoms with E-state index >= 15 is 0 Å². The van der Waals surface area contributed by atoms with Crippen LogP contribution in [0.2, 0.25) is 5.15 Å². The SMILES string of the molecule is COc1cccc(OC)c1C(=O)Nc1cccnc1Cl. The molecule has 104 valence electrons. The standard InChI is InChI=1S/C14H13ClN2O3/c1-19-10-6-3-7-11(20-2)12(10)14(18)17-9-5-4-8-16-13(9)15/h3-8H,1-2H3,(H,17,18). The molecule has 1 heterocycles. The number of carbonyl (C=O) groups is 1. The number of carbonyl (C=O) groups excluding carboxylic acids is 1. The second-order valence-corrected chi connectivity index (χ2v) is 4.19. The fourth-order valence-corrected chi connectivity index (χ4v) is 1.91. The third kappa shape index (κ3) is 2.83. The molecule has 0 aliphatic carbocycles. The van der Waals surface area contributed by atoms with Crippen LogP contribution in [0.5, 0.6) is 11.5 Å². The molecule has 0 spiro atoms. The molecule has 1 aromatic carbocycles. The lowest BCUT2D eigenvalue weighted by molar-refractivity contribution is 0.102. The van der Waals surface area contributed by atoms with Gasteiger partial charge in [0.05, 0.1) is 19.9 Å². The van der Waals surface area contributed by atoms with Gasteiger partial charge < -0.3 is 14.8 Å². The number of nitrogens with zero attached hydrogens (tertiary/aromatic N) is 1. The van der Waals surface area contributed by atoms with Crippen molar-refractivity contribution in [1.82, 2.24) is 4.98 Å². The second kappa shape index (κ2) is 6.25. The molecule has 2 aromatic rings. The summed E-state index contributed by atoms with van der Waals surface area (Å²) in [5.41, 5.74) is 0.726. The zero-order chi connectivity index (χ0) is 14.5. The second-order valence-electron chi connectivity index (χ2n) is 3.83. The van der Waals surface area contributed by atoms with Gasteiger partial charge >= 0.3 is 0 Å². The van der Waals surface area contributed by atoms with Crippen LogP contribution >= 0.6 is 11.6 Å². The summed E-state index contributed by atoms with van der Waals surface area (Å²) in [6.07, 6.45) is 1.54. The zero-order valence-corrected chi connectivity index (χ0v) is 11.8. The molecule has 2 rings (SSSR count). The predicted molar refractivity (Wildman–Crippen MR) is 76.7 cm³/mol. The third-order valence-electron chi connectivity index (χ3n) is 2.66. The highest BCUT2D eigenvalue weighted by Gasteiger charge is 2.19. The van der Waals surface area contributed by atoms with Gasteiger partial charge in [-0.15, -0.1) is 0 Å². The molecule has 0 aliphatic rings. The lowest BCUT2D eigenvalue weighted by Gasteiger charge is -2.13. The third-order valence-corrected chi connectivity index (χ3v) is 2.96. The first-order valence-corrected chi connectivity index (χ1v) is 6.18. The van der Waals surface area contributed by atoms with Crippen molar-refractivity contribution in [2.24, 2.45) is 0 Å². The van der Waals surface area contributed by atoms with Crippen LogP contribution in [-0.4, -0.2) is 25.1 Å². The summed E-state index contributed by atoms with van der Waals surface area (Å²) in [5, 5.41) is 2.90. The monoisotopic (exact) mass is 292 g/mol. The van der Waals surface area contributed by atoms with Crippen molar-refractivity contribution in [3.63, 3.8) is 0 Å². The number of anilines is 1. The van der Waals surface area contributed by atoms with Gasteiger partial charge in [-0.25, -0.2) is 4.98 Å². The summed E-state index contributed by atoms with van der Waals surface area (Å²) in [5.74, 6) is 0.456. The van der Waals surface area contributed by atoms with Crippen LogP contribution in [0.25, 0.3) is 0 Å². The Morgan fingerprint density at radius 1 is 1.15 bits per heavy atom. The molecule has 20 heavy (non-hydrogen) atoms. The predicted octanol–water partition coefficient (Wildman–Crippen LogP) is 3.00. The number of methoxy groups -OCH3 is 2. The summed E-state index contributed by atoms with van der Waals surface area (Å²) >= 11 is 5.91. The van der Waals surface area contributed by atoms with Gasteiger partial charge in [-0.1, -0.05) is 17.7 Å². The number of halogens is 1. The van der Waals surface area contributed by atoms with E-state index in [9.17, 15) is 4.79 Å². The molecule has 0 fully saturated rings. The van der Waals surface area contributed by atoms with Crippen LogP contribution in [0.1, 0.15) is 10.4 Å². The fourth-order valence-electron chi connectivity index (χ4n) is 1.74. The number of ether oxygens (including phenoxy) is 2. The van der Waals surface area contributed by atoms with Crippen LogP contribution in [0.3, 0.4) is 0 Å². The van der Waals surface area contributed by atoms with E-state index in [4.69, 9.17) is 21.1 Å². The summed E-state index contributed by atoms with van der Waals surface area (Å²) in [7, 11) is 2.98. The van der Waals surface area contributed by atoms with Crippen LogP contribution < -0.4 is 14.8 Å². The Labute approximate surface area is 121 Å². The number of amides is 1. The van der Waals surface area contributed by atoms with Crippen LogP contribution in [0.15, 0.2) is 36.5 Å². The molecule has 0 aliphatic heterocycles. The maximum atomic E-state index is 12.4. The van der Waals surface area contributed by atoms with E-state index in [2.05, 4.69) is 10.3 Å². The van der Waals surface area contributed by atoms with Crippen molar-refractivity contribution in [3.05, 3.63) is 47.2 Å². The zero-order valence-electron chi connectivity index (χ0n) is 11.0. The van der Waals surface area contributed by atoms with Crippen molar-refractivity contribution in [3.8, 4) is 11.5 Å². The minimum atomic E-state index is -0.380. The first-order chi connectivity index (χ1) is 9.67. The highest BCUT2D eigenvalue weighted by atomic mass is 35.5. The van der Waals surface area contributed by atoms with Gasteiger partial charge in [0.15, 0.2) is 5.15 Å². The molecular formula is C14H13ClN2O3. The largest absolute Gasteiger partial charge is 0.496 e. The van der Waals surface area contributed by atoms with E-state index in [1.54, 1.807) is 36.5 Å². The number of benzene rings is 1. The molecule has 0 saturated carbocycles.